The van der Waals surface area contributed by atoms with Crippen LogP contribution in [0.1, 0.15) is 31.4 Å². The molecule has 0 radical (unpaired) electrons. The van der Waals surface area contributed by atoms with Crippen molar-refractivity contribution in [3.8, 4) is 10.4 Å². The summed E-state index contributed by atoms with van der Waals surface area (Å²) in [5, 5.41) is 0. The summed E-state index contributed by atoms with van der Waals surface area (Å²) < 4.78 is 0.629. The van der Waals surface area contributed by atoms with Crippen LogP contribution < -0.4 is 11.3 Å². The van der Waals surface area contributed by atoms with Crippen molar-refractivity contribution >= 4 is 21.6 Å². The number of nitrogens with one attached hydrogen (secondary N) is 1. The van der Waals surface area contributed by atoms with Crippen molar-refractivity contribution in [2.45, 2.75) is 26.8 Å². The molecule has 0 aliphatic heterocycles. The van der Waals surface area contributed by atoms with Crippen LogP contribution in [-0.4, -0.2) is 15.0 Å². The number of nitrogens with two attached hydrogens (primary N) is 1. The number of fused-ring (bicyclic) bond motifs is 1. The molecule has 3 N–H and O–H groups in total. The quantitative estimate of drug-likeness (QED) is 0.778. The smallest absolute Gasteiger partial charge is 0.268 e. The van der Waals surface area contributed by atoms with E-state index in [4.69, 9.17) is 5.73 Å². The zero-order chi connectivity index (χ0) is 15.9. The molecule has 0 aliphatic carbocycles. The van der Waals surface area contributed by atoms with E-state index < -0.39 is 0 Å². The van der Waals surface area contributed by atoms with Gasteiger partial charge in [0.15, 0.2) is 0 Å². The summed E-state index contributed by atoms with van der Waals surface area (Å²) in [4.78, 5) is 24.8. The Morgan fingerprint density at radius 3 is 2.77 bits per heavy atom. The first-order valence-electron chi connectivity index (χ1n) is 7.18. The standard InChI is InChI=1S/C16H18N4OS/c1-8(2)13(17)15-19-11-7-12(22-14(11)16(21)20-15)10-4-5-18-9(3)6-10/h4-8,13H,17H2,1-3H3,(H,19,20,21)/t13-/m0/s1. The fraction of sp³-hybridized carbons (Fsp3) is 0.312. The molecule has 0 aromatic carbocycles. The number of rotatable bonds is 3. The molecule has 3 aromatic rings. The van der Waals surface area contributed by atoms with E-state index in [2.05, 4.69) is 15.0 Å². The average Bonchev–Trinajstić information content (AvgIpc) is 2.91. The maximum atomic E-state index is 12.3. The Labute approximate surface area is 132 Å². The second-order valence-corrected chi connectivity index (χ2v) is 6.78. The number of aryl methyl sites for hydroxylation is 1. The van der Waals surface area contributed by atoms with Gasteiger partial charge in [0.25, 0.3) is 5.56 Å². The molecule has 1 atom stereocenters. The third-order valence-corrected chi connectivity index (χ3v) is 4.79. The minimum absolute atomic E-state index is 0.127. The first-order chi connectivity index (χ1) is 10.5. The van der Waals surface area contributed by atoms with Crippen LogP contribution in [-0.2, 0) is 0 Å². The Bertz CT molecular complexity index is 881. The van der Waals surface area contributed by atoms with Gasteiger partial charge in [-0.3, -0.25) is 9.78 Å². The highest BCUT2D eigenvalue weighted by Gasteiger charge is 2.16. The van der Waals surface area contributed by atoms with Crippen molar-refractivity contribution in [2.24, 2.45) is 11.7 Å². The highest BCUT2D eigenvalue weighted by molar-refractivity contribution is 7.22. The number of H-pyrrole nitrogens is 1. The molecule has 22 heavy (non-hydrogen) atoms. The molecule has 3 heterocycles. The molecule has 114 valence electrons. The van der Waals surface area contributed by atoms with E-state index in [1.54, 1.807) is 6.20 Å². The van der Waals surface area contributed by atoms with Crippen LogP contribution in [0.5, 0.6) is 0 Å². The zero-order valence-electron chi connectivity index (χ0n) is 12.8. The monoisotopic (exact) mass is 314 g/mol. The van der Waals surface area contributed by atoms with E-state index in [1.807, 2.05) is 39.0 Å². The number of aromatic nitrogens is 3. The number of aromatic amines is 1. The van der Waals surface area contributed by atoms with Crippen molar-refractivity contribution in [2.75, 3.05) is 0 Å². The normalized spacial score (nSPS) is 13.0. The van der Waals surface area contributed by atoms with Gasteiger partial charge in [0.2, 0.25) is 0 Å². The second kappa shape index (κ2) is 5.62. The van der Waals surface area contributed by atoms with Crippen LogP contribution >= 0.6 is 11.3 Å². The molecule has 0 bridgehead atoms. The highest BCUT2D eigenvalue weighted by Crippen LogP contribution is 2.31. The van der Waals surface area contributed by atoms with Crippen LogP contribution in [0.4, 0.5) is 0 Å². The van der Waals surface area contributed by atoms with E-state index in [1.165, 1.54) is 11.3 Å². The molecule has 3 aromatic heterocycles. The van der Waals surface area contributed by atoms with Gasteiger partial charge in [-0.15, -0.1) is 11.3 Å². The lowest BCUT2D eigenvalue weighted by Gasteiger charge is -2.13. The zero-order valence-corrected chi connectivity index (χ0v) is 13.6. The third-order valence-electron chi connectivity index (χ3n) is 3.62. The molecule has 3 rings (SSSR count). The summed E-state index contributed by atoms with van der Waals surface area (Å²) in [5.74, 6) is 0.754. The molecule has 0 fully saturated rings. The molecular weight excluding hydrogens is 296 g/mol. The Balaban J connectivity index is 2.14. The van der Waals surface area contributed by atoms with Crippen molar-refractivity contribution in [3.63, 3.8) is 0 Å². The van der Waals surface area contributed by atoms with Gasteiger partial charge in [-0.25, -0.2) is 4.98 Å². The predicted molar refractivity (Wildman–Crippen MR) is 90.0 cm³/mol. The van der Waals surface area contributed by atoms with E-state index in [0.29, 0.717) is 16.0 Å². The Morgan fingerprint density at radius 2 is 2.09 bits per heavy atom. The van der Waals surface area contributed by atoms with E-state index >= 15 is 0 Å². The predicted octanol–water partition coefficient (Wildman–Crippen LogP) is 3.01. The Kier molecular flexibility index (Phi) is 3.80. The van der Waals surface area contributed by atoms with Gasteiger partial charge < -0.3 is 10.7 Å². The minimum Gasteiger partial charge on any atom is -0.321 e. The lowest BCUT2D eigenvalue weighted by Crippen LogP contribution is -2.23. The summed E-state index contributed by atoms with van der Waals surface area (Å²) >= 11 is 1.44. The van der Waals surface area contributed by atoms with Crippen LogP contribution in [0, 0.1) is 12.8 Å². The number of hydrogen-bond acceptors (Lipinski definition) is 5. The summed E-state index contributed by atoms with van der Waals surface area (Å²) in [6.45, 7) is 5.96. The van der Waals surface area contributed by atoms with E-state index in [0.717, 1.165) is 16.1 Å². The maximum Gasteiger partial charge on any atom is 0.268 e. The molecule has 0 spiro atoms. The Morgan fingerprint density at radius 1 is 1.32 bits per heavy atom. The topological polar surface area (TPSA) is 84.7 Å². The van der Waals surface area contributed by atoms with Crippen LogP contribution in [0.15, 0.2) is 29.2 Å². The first kappa shape index (κ1) is 14.9. The summed E-state index contributed by atoms with van der Waals surface area (Å²) in [7, 11) is 0. The van der Waals surface area contributed by atoms with Crippen molar-refractivity contribution < 1.29 is 0 Å². The molecule has 0 amide bonds. The van der Waals surface area contributed by atoms with Gasteiger partial charge in [0, 0.05) is 16.8 Å². The number of hydrogen-bond donors (Lipinski definition) is 2. The second-order valence-electron chi connectivity index (χ2n) is 5.73. The highest BCUT2D eigenvalue weighted by atomic mass is 32.1. The molecule has 0 saturated heterocycles. The summed E-state index contributed by atoms with van der Waals surface area (Å²) in [5.41, 5.74) is 8.66. The fourth-order valence-corrected chi connectivity index (χ4v) is 3.26. The first-order valence-corrected chi connectivity index (χ1v) is 7.99. The van der Waals surface area contributed by atoms with Crippen LogP contribution in [0.3, 0.4) is 0 Å². The lowest BCUT2D eigenvalue weighted by atomic mass is 10.1. The van der Waals surface area contributed by atoms with E-state index in [9.17, 15) is 4.79 Å². The maximum absolute atomic E-state index is 12.3. The Hall–Kier alpha value is -2.05. The van der Waals surface area contributed by atoms with Gasteiger partial charge in [0.05, 0.1) is 11.6 Å². The summed E-state index contributed by atoms with van der Waals surface area (Å²) in [6, 6.07) is 5.61. The van der Waals surface area contributed by atoms with Crippen LogP contribution in [0.25, 0.3) is 20.7 Å². The van der Waals surface area contributed by atoms with Gasteiger partial charge >= 0.3 is 0 Å². The molecule has 5 nitrogen and oxygen atoms in total. The average molecular weight is 314 g/mol. The number of pyridine rings is 1. The van der Waals surface area contributed by atoms with Crippen molar-refractivity contribution in [3.05, 3.63) is 46.3 Å². The molecule has 0 unspecified atom stereocenters. The van der Waals surface area contributed by atoms with Gasteiger partial charge in [-0.05, 0) is 36.6 Å². The lowest BCUT2D eigenvalue weighted by molar-refractivity contribution is 0.491. The van der Waals surface area contributed by atoms with Gasteiger partial charge in [-0.2, -0.15) is 0 Å². The van der Waals surface area contributed by atoms with Crippen LogP contribution in [0.2, 0.25) is 0 Å². The third kappa shape index (κ3) is 2.67. The van der Waals surface area contributed by atoms with Gasteiger partial charge in [0.1, 0.15) is 10.5 Å². The van der Waals surface area contributed by atoms with Crippen molar-refractivity contribution in [1.82, 2.24) is 15.0 Å². The number of thiophene rings is 1. The molecule has 0 aliphatic rings. The summed E-state index contributed by atoms with van der Waals surface area (Å²) in [6.07, 6.45) is 1.77. The SMILES string of the molecule is Cc1cc(-c2cc3nc([C@@H](N)C(C)C)[nH]c(=O)c3s2)ccn1. The largest absolute Gasteiger partial charge is 0.321 e. The van der Waals surface area contributed by atoms with E-state index in [-0.39, 0.29) is 17.5 Å². The number of nitrogens with zero attached hydrogens (tertiary/aromatic N) is 2. The van der Waals surface area contributed by atoms with Crippen molar-refractivity contribution in [1.29, 1.82) is 0 Å². The minimum atomic E-state index is -0.274. The van der Waals surface area contributed by atoms with Gasteiger partial charge in [-0.1, -0.05) is 13.8 Å². The molecular formula is C16H18N4OS. The molecule has 6 heteroatoms. The fourth-order valence-electron chi connectivity index (χ4n) is 2.27. The molecule has 0 saturated carbocycles.